The smallest absolute Gasteiger partial charge is 0.0406 e. The van der Waals surface area contributed by atoms with Gasteiger partial charge in [-0.2, -0.15) is 0 Å². The number of nitrogens with one attached hydrogen (secondary N) is 1. The van der Waals surface area contributed by atoms with Crippen LogP contribution in [-0.2, 0) is 6.54 Å². The maximum Gasteiger partial charge on any atom is 0.0406 e. The maximum atomic E-state index is 5.96. The van der Waals surface area contributed by atoms with Crippen LogP contribution in [0.25, 0.3) is 0 Å². The Morgan fingerprint density at radius 3 is 2.15 bits per heavy atom. The molecule has 1 N–H and O–H groups in total. The molecule has 1 atom stereocenters. The summed E-state index contributed by atoms with van der Waals surface area (Å²) < 4.78 is 1.11. The minimum Gasteiger partial charge on any atom is -0.306 e. The Kier molecular flexibility index (Phi) is 5.64. The number of hydrogen-bond donors (Lipinski definition) is 1. The lowest BCUT2D eigenvalue weighted by Crippen LogP contribution is -2.25. The molecule has 0 saturated heterocycles. The van der Waals surface area contributed by atoms with Crippen LogP contribution in [0, 0.1) is 5.92 Å². The normalized spacial score (nSPS) is 12.7. The zero-order valence-electron chi connectivity index (χ0n) is 11.7. The van der Waals surface area contributed by atoms with Crippen molar-refractivity contribution in [2.45, 2.75) is 26.4 Å². The SMILES string of the molecule is CC(C)C(NCc1ccc(Br)cc1)c1ccc(Cl)cc1. The number of benzene rings is 2. The Balaban J connectivity index is 2.06. The third-order valence-corrected chi connectivity index (χ3v) is 4.12. The largest absolute Gasteiger partial charge is 0.306 e. The molecule has 0 spiro atoms. The van der Waals surface area contributed by atoms with Gasteiger partial charge in [0.1, 0.15) is 0 Å². The van der Waals surface area contributed by atoms with E-state index in [0.717, 1.165) is 16.0 Å². The Morgan fingerprint density at radius 2 is 1.60 bits per heavy atom. The van der Waals surface area contributed by atoms with Crippen LogP contribution in [-0.4, -0.2) is 0 Å². The molecule has 2 aromatic carbocycles. The second-order valence-corrected chi connectivity index (χ2v) is 6.63. The third kappa shape index (κ3) is 4.34. The number of rotatable bonds is 5. The third-order valence-electron chi connectivity index (χ3n) is 3.34. The first-order chi connectivity index (χ1) is 9.56. The first-order valence-corrected chi connectivity index (χ1v) is 7.96. The summed E-state index contributed by atoms with van der Waals surface area (Å²) >= 11 is 9.42. The van der Waals surface area contributed by atoms with Gasteiger partial charge in [0.15, 0.2) is 0 Å². The van der Waals surface area contributed by atoms with Gasteiger partial charge in [-0.15, -0.1) is 0 Å². The minimum atomic E-state index is 0.330. The molecular formula is C17H19BrClN. The quantitative estimate of drug-likeness (QED) is 0.739. The molecule has 0 aromatic heterocycles. The van der Waals surface area contributed by atoms with E-state index in [0.29, 0.717) is 12.0 Å². The predicted molar refractivity (Wildman–Crippen MR) is 90.0 cm³/mol. The summed E-state index contributed by atoms with van der Waals surface area (Å²) in [6, 6.07) is 16.8. The molecule has 3 heteroatoms. The van der Waals surface area contributed by atoms with Crippen molar-refractivity contribution >= 4 is 27.5 Å². The van der Waals surface area contributed by atoms with Crippen LogP contribution in [0.15, 0.2) is 53.0 Å². The van der Waals surface area contributed by atoms with Gasteiger partial charge < -0.3 is 5.32 Å². The predicted octanol–water partition coefficient (Wildman–Crippen LogP) is 5.59. The van der Waals surface area contributed by atoms with Crippen molar-refractivity contribution in [3.05, 3.63) is 69.2 Å². The van der Waals surface area contributed by atoms with E-state index in [2.05, 4.69) is 71.5 Å². The highest BCUT2D eigenvalue weighted by atomic mass is 79.9. The molecule has 0 aliphatic rings. The molecule has 106 valence electrons. The summed E-state index contributed by atoms with van der Waals surface area (Å²) in [6.07, 6.45) is 0. The fourth-order valence-electron chi connectivity index (χ4n) is 2.24. The van der Waals surface area contributed by atoms with Crippen molar-refractivity contribution in [3.63, 3.8) is 0 Å². The Morgan fingerprint density at radius 1 is 1.00 bits per heavy atom. The van der Waals surface area contributed by atoms with E-state index in [1.807, 2.05) is 12.1 Å². The summed E-state index contributed by atoms with van der Waals surface area (Å²) in [6.45, 7) is 5.32. The lowest BCUT2D eigenvalue weighted by atomic mass is 9.96. The Bertz CT molecular complexity index is 534. The maximum absolute atomic E-state index is 5.96. The van der Waals surface area contributed by atoms with Gasteiger partial charge in [-0.05, 0) is 41.3 Å². The molecule has 0 radical (unpaired) electrons. The Labute approximate surface area is 134 Å². The molecule has 0 aliphatic heterocycles. The molecule has 0 heterocycles. The van der Waals surface area contributed by atoms with Crippen molar-refractivity contribution in [2.24, 2.45) is 5.92 Å². The Hall–Kier alpha value is -0.830. The van der Waals surface area contributed by atoms with Crippen molar-refractivity contribution in [3.8, 4) is 0 Å². The van der Waals surface area contributed by atoms with Crippen LogP contribution in [0.2, 0.25) is 5.02 Å². The van der Waals surface area contributed by atoms with E-state index in [9.17, 15) is 0 Å². The minimum absolute atomic E-state index is 0.330. The number of halogens is 2. The average Bonchev–Trinajstić information content (AvgIpc) is 2.43. The van der Waals surface area contributed by atoms with Gasteiger partial charge in [0.05, 0.1) is 0 Å². The van der Waals surface area contributed by atoms with Crippen molar-refractivity contribution in [1.82, 2.24) is 5.32 Å². The van der Waals surface area contributed by atoms with E-state index in [4.69, 9.17) is 11.6 Å². The molecule has 0 fully saturated rings. The molecular weight excluding hydrogens is 334 g/mol. The van der Waals surface area contributed by atoms with Crippen LogP contribution in [0.1, 0.15) is 31.0 Å². The molecule has 1 unspecified atom stereocenters. The van der Waals surface area contributed by atoms with Crippen molar-refractivity contribution in [1.29, 1.82) is 0 Å². The summed E-state index contributed by atoms with van der Waals surface area (Å²) in [5.41, 5.74) is 2.56. The second-order valence-electron chi connectivity index (χ2n) is 5.28. The fraction of sp³-hybridized carbons (Fsp3) is 0.294. The number of hydrogen-bond acceptors (Lipinski definition) is 1. The first kappa shape index (κ1) is 15.6. The summed E-state index contributed by atoms with van der Waals surface area (Å²) in [4.78, 5) is 0. The molecule has 0 bridgehead atoms. The van der Waals surface area contributed by atoms with E-state index in [1.165, 1.54) is 11.1 Å². The molecule has 20 heavy (non-hydrogen) atoms. The molecule has 2 rings (SSSR count). The van der Waals surface area contributed by atoms with E-state index < -0.39 is 0 Å². The highest BCUT2D eigenvalue weighted by Gasteiger charge is 2.14. The van der Waals surface area contributed by atoms with E-state index in [-0.39, 0.29) is 0 Å². The van der Waals surface area contributed by atoms with E-state index in [1.54, 1.807) is 0 Å². The highest BCUT2D eigenvalue weighted by Crippen LogP contribution is 2.24. The first-order valence-electron chi connectivity index (χ1n) is 6.79. The van der Waals surface area contributed by atoms with Gasteiger partial charge in [-0.25, -0.2) is 0 Å². The summed E-state index contributed by atoms with van der Waals surface area (Å²) in [7, 11) is 0. The monoisotopic (exact) mass is 351 g/mol. The fourth-order valence-corrected chi connectivity index (χ4v) is 2.63. The van der Waals surface area contributed by atoms with Crippen LogP contribution in [0.3, 0.4) is 0 Å². The van der Waals surface area contributed by atoms with E-state index >= 15 is 0 Å². The van der Waals surface area contributed by atoms with Crippen LogP contribution in [0.5, 0.6) is 0 Å². The molecule has 0 saturated carbocycles. The molecule has 0 aliphatic carbocycles. The summed E-state index contributed by atoms with van der Waals surface area (Å²) in [5, 5.41) is 4.41. The standard InChI is InChI=1S/C17H19BrClN/c1-12(2)17(14-5-9-16(19)10-6-14)20-11-13-3-7-15(18)8-4-13/h3-10,12,17,20H,11H2,1-2H3. The lowest BCUT2D eigenvalue weighted by molar-refractivity contribution is 0.410. The summed E-state index contributed by atoms with van der Waals surface area (Å²) in [5.74, 6) is 0.520. The van der Waals surface area contributed by atoms with Gasteiger partial charge >= 0.3 is 0 Å². The van der Waals surface area contributed by atoms with Gasteiger partial charge in [-0.1, -0.05) is 65.6 Å². The molecule has 1 nitrogen and oxygen atoms in total. The van der Waals surface area contributed by atoms with Crippen LogP contribution < -0.4 is 5.32 Å². The molecule has 2 aromatic rings. The zero-order valence-corrected chi connectivity index (χ0v) is 14.1. The highest BCUT2D eigenvalue weighted by molar-refractivity contribution is 9.10. The van der Waals surface area contributed by atoms with Crippen LogP contribution in [0.4, 0.5) is 0 Å². The van der Waals surface area contributed by atoms with Gasteiger partial charge in [0.25, 0.3) is 0 Å². The van der Waals surface area contributed by atoms with Crippen molar-refractivity contribution in [2.75, 3.05) is 0 Å². The average molecular weight is 353 g/mol. The van der Waals surface area contributed by atoms with Crippen LogP contribution >= 0.6 is 27.5 Å². The molecule has 0 amide bonds. The van der Waals surface area contributed by atoms with Gasteiger partial charge in [-0.3, -0.25) is 0 Å². The second kappa shape index (κ2) is 7.26. The van der Waals surface area contributed by atoms with Gasteiger partial charge in [0.2, 0.25) is 0 Å². The lowest BCUT2D eigenvalue weighted by Gasteiger charge is -2.23. The topological polar surface area (TPSA) is 12.0 Å². The van der Waals surface area contributed by atoms with Gasteiger partial charge in [0, 0.05) is 22.1 Å². The zero-order chi connectivity index (χ0) is 14.5. The van der Waals surface area contributed by atoms with Crippen molar-refractivity contribution < 1.29 is 0 Å².